The summed E-state index contributed by atoms with van der Waals surface area (Å²) in [5.74, 6) is -4.40. The van der Waals surface area contributed by atoms with Crippen LogP contribution in [-0.2, 0) is 39.2 Å². The molecule has 2 aliphatic heterocycles. The summed E-state index contributed by atoms with van der Waals surface area (Å²) in [5.41, 5.74) is 1.51. The summed E-state index contributed by atoms with van der Waals surface area (Å²) in [5, 5.41) is 21.3. The molecule has 10 atom stereocenters. The monoisotopic (exact) mass is 1160 g/mol. The summed E-state index contributed by atoms with van der Waals surface area (Å²) in [6.07, 6.45) is 4.93. The molecule has 2 N–H and O–H groups in total. The number of carbonyl (C=O) groups is 4. The molecule has 6 aliphatic rings. The van der Waals surface area contributed by atoms with E-state index in [2.05, 4.69) is 0 Å². The molecule has 4 saturated carbocycles. The second-order valence-electron chi connectivity index (χ2n) is 21.8. The highest BCUT2D eigenvalue weighted by Gasteiger charge is 2.70. The molecule has 6 fully saturated rings. The summed E-state index contributed by atoms with van der Waals surface area (Å²) in [6.45, 7) is 4.15. The molecule has 408 valence electrons. The van der Waals surface area contributed by atoms with Gasteiger partial charge in [0.2, 0.25) is 31.9 Å². The van der Waals surface area contributed by atoms with Gasteiger partial charge in [0.25, 0.3) is 0 Å². The molecule has 0 aromatic heterocycles. The third-order valence-electron chi connectivity index (χ3n) is 17.0. The largest absolute Gasteiger partial charge is 0.481 e. The number of sulfonamides is 2. The van der Waals surface area contributed by atoms with E-state index in [9.17, 15) is 46.2 Å². The molecule has 20 heteroatoms. The Bertz CT molecular complexity index is 2900. The number of benzene rings is 4. The zero-order valence-electron chi connectivity index (χ0n) is 42.8. The molecule has 0 radical (unpaired) electrons. The number of hydrogen-bond donors (Lipinski definition) is 2. The molecule has 4 aromatic rings. The van der Waals surface area contributed by atoms with Crippen LogP contribution in [-0.4, -0.2) is 119 Å². The Morgan fingerprint density at radius 2 is 0.895 bits per heavy atom. The number of halogens is 4. The van der Waals surface area contributed by atoms with Crippen LogP contribution in [0.3, 0.4) is 0 Å². The Kier molecular flexibility index (Phi) is 16.2. The Labute approximate surface area is 465 Å². The third kappa shape index (κ3) is 10.9. The van der Waals surface area contributed by atoms with Crippen molar-refractivity contribution in [3.05, 3.63) is 139 Å². The van der Waals surface area contributed by atoms with Crippen molar-refractivity contribution in [2.45, 2.75) is 125 Å². The summed E-state index contributed by atoms with van der Waals surface area (Å²) < 4.78 is 54.8. The van der Waals surface area contributed by atoms with Crippen molar-refractivity contribution >= 4 is 90.2 Å². The Morgan fingerprint density at radius 3 is 1.17 bits per heavy atom. The molecule has 2 saturated heterocycles. The van der Waals surface area contributed by atoms with Crippen LogP contribution in [0.1, 0.15) is 124 Å². The third-order valence-corrected chi connectivity index (χ3v) is 22.6. The van der Waals surface area contributed by atoms with Crippen LogP contribution < -0.4 is 0 Å². The highest BCUT2D eigenvalue weighted by atomic mass is 35.5. The SMILES string of the molecule is CC[C@@H](CN(C)S(=O)(=O)C1CC1)N1C(=O)[C@@]2(C[C@H](c3cccc(Cl)c3)[C@H]1c1ccc(Cl)cc1)C[C@@H]2C(=O)O.CC[C@@H](CN(C)S(=O)(=O)C1CC1)N1C(=O)[C@@]2(C[C@H](c3cccc(Cl)c3)[C@H]1c1ccc(Cl)cc1)C[C@H]2C(=O)O. The van der Waals surface area contributed by atoms with Gasteiger partial charge in [0.15, 0.2) is 0 Å². The summed E-state index contributed by atoms with van der Waals surface area (Å²) in [7, 11) is -3.77. The molecule has 2 heterocycles. The minimum absolute atomic E-state index is 0.140. The summed E-state index contributed by atoms with van der Waals surface area (Å²) in [6, 6.07) is 27.9. The lowest BCUT2D eigenvalue weighted by Gasteiger charge is -2.49. The predicted molar refractivity (Wildman–Crippen MR) is 293 cm³/mol. The van der Waals surface area contributed by atoms with Gasteiger partial charge in [-0.1, -0.05) is 109 Å². The molecule has 0 bridgehead atoms. The second kappa shape index (κ2) is 21.8. The lowest BCUT2D eigenvalue weighted by Crippen LogP contribution is -2.56. The molecule has 4 aliphatic carbocycles. The van der Waals surface area contributed by atoms with E-state index in [1.54, 1.807) is 60.3 Å². The Balaban J connectivity index is 0.000000186. The highest BCUT2D eigenvalue weighted by Crippen LogP contribution is 2.66. The minimum atomic E-state index is -3.46. The molecule has 4 aromatic carbocycles. The summed E-state index contributed by atoms with van der Waals surface area (Å²) in [4.78, 5) is 56.5. The van der Waals surface area contributed by atoms with Gasteiger partial charge in [0, 0.05) is 71.2 Å². The first-order valence-corrected chi connectivity index (χ1v) is 30.5. The molecule has 2 amide bonds. The van der Waals surface area contributed by atoms with Crippen LogP contribution in [0.25, 0.3) is 0 Å². The van der Waals surface area contributed by atoms with E-state index in [4.69, 9.17) is 46.4 Å². The van der Waals surface area contributed by atoms with E-state index in [0.29, 0.717) is 71.5 Å². The first-order valence-electron chi connectivity index (χ1n) is 26.0. The van der Waals surface area contributed by atoms with Gasteiger partial charge in [-0.3, -0.25) is 19.2 Å². The van der Waals surface area contributed by atoms with Gasteiger partial charge >= 0.3 is 11.9 Å². The van der Waals surface area contributed by atoms with Gasteiger partial charge in [0.05, 0.1) is 45.2 Å². The van der Waals surface area contributed by atoms with Crippen LogP contribution in [0.15, 0.2) is 97.1 Å². The Morgan fingerprint density at radius 1 is 0.553 bits per heavy atom. The summed E-state index contributed by atoms with van der Waals surface area (Å²) >= 11 is 25.2. The van der Waals surface area contributed by atoms with Crippen molar-refractivity contribution in [2.75, 3.05) is 27.2 Å². The van der Waals surface area contributed by atoms with Crippen molar-refractivity contribution in [3.63, 3.8) is 0 Å². The van der Waals surface area contributed by atoms with Gasteiger partial charge in [-0.05, 0) is 135 Å². The van der Waals surface area contributed by atoms with Crippen molar-refractivity contribution in [1.29, 1.82) is 0 Å². The standard InChI is InChI=1S/2C28H32Cl2N2O5S/c2*1-3-21(16-31(2)38(36,37)22-11-12-22)32-25(17-7-9-19(29)10-8-17)23(18-5-4-6-20(30)13-18)14-28(27(32)35)15-24(28)26(33)34/h2*4-10,13,21-25H,3,11-12,14-16H2,1-2H3,(H,33,34)/t21-,23+,24+,25+,28-;21-,23+,24-,25+,28-/m00/s1. The van der Waals surface area contributed by atoms with Crippen molar-refractivity contribution in [2.24, 2.45) is 22.7 Å². The number of carboxylic acid groups (broad SMARTS) is 2. The van der Waals surface area contributed by atoms with Crippen LogP contribution >= 0.6 is 46.4 Å². The first kappa shape index (κ1) is 56.5. The van der Waals surface area contributed by atoms with E-state index in [1.165, 1.54) is 8.61 Å². The lowest BCUT2D eigenvalue weighted by molar-refractivity contribution is -0.154. The molecule has 14 nitrogen and oxygen atoms in total. The van der Waals surface area contributed by atoms with Crippen LogP contribution in [0.5, 0.6) is 0 Å². The van der Waals surface area contributed by atoms with Crippen LogP contribution in [0.4, 0.5) is 0 Å². The molecule has 2 spiro atoms. The van der Waals surface area contributed by atoms with Crippen molar-refractivity contribution < 1.29 is 46.2 Å². The van der Waals surface area contributed by atoms with Crippen molar-refractivity contribution in [3.8, 4) is 0 Å². The number of likely N-dealkylation sites (N-methyl/N-ethyl adjacent to an activating group) is 2. The fourth-order valence-electron chi connectivity index (χ4n) is 12.4. The number of piperidine rings is 2. The average molecular weight is 1160 g/mol. The molecular weight excluding hydrogens is 1090 g/mol. The fraction of sp³-hybridized carbons (Fsp3) is 0.500. The predicted octanol–water partition coefficient (Wildman–Crippen LogP) is 10.7. The van der Waals surface area contributed by atoms with Crippen LogP contribution in [0, 0.1) is 22.7 Å². The van der Waals surface area contributed by atoms with Gasteiger partial charge in [-0.15, -0.1) is 0 Å². The molecule has 76 heavy (non-hydrogen) atoms. The number of aliphatic carboxylic acids is 2. The number of carboxylic acids is 2. The maximum atomic E-state index is 14.3. The number of nitrogens with zero attached hydrogens (tertiary/aromatic N) is 4. The number of amides is 2. The molecule has 0 unspecified atom stereocenters. The van der Waals surface area contributed by atoms with Crippen molar-refractivity contribution in [1.82, 2.24) is 18.4 Å². The van der Waals surface area contributed by atoms with E-state index in [0.717, 1.165) is 22.3 Å². The van der Waals surface area contributed by atoms with Gasteiger partial charge in [-0.25, -0.2) is 25.4 Å². The van der Waals surface area contributed by atoms with E-state index >= 15 is 0 Å². The Hall–Kier alpha value is -4.26. The number of carbonyl (C=O) groups excluding carboxylic acids is 2. The van der Waals surface area contributed by atoms with Gasteiger partial charge in [-0.2, -0.15) is 0 Å². The number of rotatable bonds is 18. The fourth-order valence-corrected chi connectivity index (χ4v) is 16.2. The molecule has 10 rings (SSSR count). The maximum absolute atomic E-state index is 14.3. The van der Waals surface area contributed by atoms with Gasteiger partial charge < -0.3 is 20.0 Å². The van der Waals surface area contributed by atoms with E-state index in [-0.39, 0.29) is 60.1 Å². The number of likely N-dealkylation sites (tertiary alicyclic amines) is 2. The number of hydrogen-bond acceptors (Lipinski definition) is 8. The highest BCUT2D eigenvalue weighted by molar-refractivity contribution is 7.90. The van der Waals surface area contributed by atoms with E-state index < -0.39 is 78.8 Å². The lowest BCUT2D eigenvalue weighted by atomic mass is 9.72. The van der Waals surface area contributed by atoms with E-state index in [1.807, 2.05) is 74.5 Å². The quantitative estimate of drug-likeness (QED) is 0.0970. The second-order valence-corrected chi connectivity index (χ2v) is 28.2. The van der Waals surface area contributed by atoms with Crippen LogP contribution in [0.2, 0.25) is 20.1 Å². The first-order chi connectivity index (χ1) is 36.0. The average Bonchev–Trinajstić information content (AvgIpc) is 4.22. The molecular formula is C56H64Cl4N4O10S2. The maximum Gasteiger partial charge on any atom is 0.307 e. The smallest absolute Gasteiger partial charge is 0.307 e. The minimum Gasteiger partial charge on any atom is -0.481 e. The van der Waals surface area contributed by atoms with Gasteiger partial charge in [0.1, 0.15) is 0 Å². The normalized spacial score (nSPS) is 28.1. The zero-order chi connectivity index (χ0) is 54.8. The topological polar surface area (TPSA) is 190 Å². The zero-order valence-corrected chi connectivity index (χ0v) is 47.4.